The number of hydrogen-bond donors (Lipinski definition) is 1. The third kappa shape index (κ3) is 4.74. The highest BCUT2D eigenvalue weighted by atomic mass is 32.2. The number of nitrogens with zero attached hydrogens (tertiary/aromatic N) is 5. The fourth-order valence-electron chi connectivity index (χ4n) is 3.19. The van der Waals surface area contributed by atoms with E-state index in [0.717, 1.165) is 6.42 Å². The minimum Gasteiger partial charge on any atom is -0.356 e. The number of piperidine rings is 1. The van der Waals surface area contributed by atoms with Gasteiger partial charge in [0.25, 0.3) is 0 Å². The lowest BCUT2D eigenvalue weighted by Gasteiger charge is -2.30. The Bertz CT molecular complexity index is 873. The van der Waals surface area contributed by atoms with Crippen molar-refractivity contribution >= 4 is 15.9 Å². The number of sulfonamides is 1. The van der Waals surface area contributed by atoms with Crippen molar-refractivity contribution in [2.24, 2.45) is 11.8 Å². The van der Waals surface area contributed by atoms with Gasteiger partial charge < -0.3 is 5.32 Å². The van der Waals surface area contributed by atoms with Crippen LogP contribution in [0.25, 0.3) is 5.69 Å². The summed E-state index contributed by atoms with van der Waals surface area (Å²) in [7, 11) is -3.58. The number of benzene rings is 1. The number of amides is 1. The normalized spacial score (nSPS) is 16.4. The first-order chi connectivity index (χ1) is 13.4. The molecule has 10 heteroatoms. The van der Waals surface area contributed by atoms with Crippen LogP contribution in [0, 0.1) is 11.8 Å². The van der Waals surface area contributed by atoms with Crippen LogP contribution in [-0.4, -0.2) is 58.5 Å². The minimum absolute atomic E-state index is 0.0310. The number of rotatable bonds is 7. The van der Waals surface area contributed by atoms with E-state index in [1.54, 1.807) is 24.3 Å². The third-order valence-electron chi connectivity index (χ3n) is 4.93. The lowest BCUT2D eigenvalue weighted by atomic mass is 9.97. The van der Waals surface area contributed by atoms with Gasteiger partial charge in [0.15, 0.2) is 0 Å². The molecule has 152 valence electrons. The fraction of sp³-hybridized carbons (Fsp3) is 0.556. The summed E-state index contributed by atoms with van der Waals surface area (Å²) in [6.45, 7) is 5.59. The molecule has 0 unspecified atom stereocenters. The highest BCUT2D eigenvalue weighted by molar-refractivity contribution is 7.89. The van der Waals surface area contributed by atoms with E-state index in [2.05, 4.69) is 34.7 Å². The molecular formula is C18H26N6O3S. The van der Waals surface area contributed by atoms with Crippen molar-refractivity contribution in [3.05, 3.63) is 30.6 Å². The van der Waals surface area contributed by atoms with Crippen LogP contribution in [0.3, 0.4) is 0 Å². The zero-order chi connectivity index (χ0) is 20.1. The second kappa shape index (κ2) is 8.78. The van der Waals surface area contributed by atoms with Gasteiger partial charge in [0.1, 0.15) is 6.33 Å². The van der Waals surface area contributed by atoms with Crippen molar-refractivity contribution in [3.63, 3.8) is 0 Å². The van der Waals surface area contributed by atoms with Gasteiger partial charge in [-0.05, 0) is 59.9 Å². The molecule has 0 radical (unpaired) electrons. The zero-order valence-electron chi connectivity index (χ0n) is 16.2. The van der Waals surface area contributed by atoms with Crippen LogP contribution < -0.4 is 5.32 Å². The van der Waals surface area contributed by atoms with E-state index >= 15 is 0 Å². The summed E-state index contributed by atoms with van der Waals surface area (Å²) in [5, 5.41) is 13.9. The molecule has 0 bridgehead atoms. The monoisotopic (exact) mass is 406 g/mol. The summed E-state index contributed by atoms with van der Waals surface area (Å²) >= 11 is 0. The summed E-state index contributed by atoms with van der Waals surface area (Å²) < 4.78 is 28.7. The van der Waals surface area contributed by atoms with E-state index in [0.29, 0.717) is 44.1 Å². The van der Waals surface area contributed by atoms with Gasteiger partial charge in [-0.25, -0.2) is 13.1 Å². The molecule has 1 saturated heterocycles. The van der Waals surface area contributed by atoms with Crippen molar-refractivity contribution in [2.75, 3.05) is 19.6 Å². The first kappa shape index (κ1) is 20.4. The van der Waals surface area contributed by atoms with Gasteiger partial charge in [0.05, 0.1) is 10.6 Å². The summed E-state index contributed by atoms with van der Waals surface area (Å²) in [6.07, 6.45) is 3.46. The largest absolute Gasteiger partial charge is 0.356 e. The second-order valence-electron chi connectivity index (χ2n) is 7.40. The Labute approximate surface area is 165 Å². The number of nitrogens with one attached hydrogen (secondary N) is 1. The quantitative estimate of drug-likeness (QED) is 0.740. The second-order valence-corrected chi connectivity index (χ2v) is 9.34. The number of carbonyl (C=O) groups excluding carboxylic acids is 1. The summed E-state index contributed by atoms with van der Waals surface area (Å²) in [6, 6.07) is 6.43. The molecule has 1 aromatic carbocycles. The Morgan fingerprint density at radius 2 is 1.89 bits per heavy atom. The van der Waals surface area contributed by atoms with Crippen LogP contribution in [0.1, 0.15) is 33.1 Å². The van der Waals surface area contributed by atoms with Crippen LogP contribution in [0.2, 0.25) is 0 Å². The van der Waals surface area contributed by atoms with E-state index in [1.807, 2.05) is 0 Å². The van der Waals surface area contributed by atoms with Crippen LogP contribution in [-0.2, 0) is 14.8 Å². The molecule has 2 aromatic rings. The molecule has 1 aliphatic heterocycles. The molecule has 0 aliphatic carbocycles. The molecule has 3 rings (SSSR count). The van der Waals surface area contributed by atoms with Crippen LogP contribution in [0.15, 0.2) is 35.5 Å². The van der Waals surface area contributed by atoms with Gasteiger partial charge in [-0.1, -0.05) is 13.8 Å². The maximum atomic E-state index is 12.9. The van der Waals surface area contributed by atoms with E-state index in [9.17, 15) is 13.2 Å². The Kier molecular flexibility index (Phi) is 6.40. The third-order valence-corrected chi connectivity index (χ3v) is 6.85. The van der Waals surface area contributed by atoms with Crippen molar-refractivity contribution in [3.8, 4) is 5.69 Å². The SMILES string of the molecule is CC(C)CCNC(=O)C1CCN(S(=O)(=O)c2ccc(-n3cnnn3)cc2)CC1. The predicted octanol–water partition coefficient (Wildman–Crippen LogP) is 1.23. The van der Waals surface area contributed by atoms with Crippen LogP contribution >= 0.6 is 0 Å². The van der Waals surface area contributed by atoms with Gasteiger partial charge in [0.2, 0.25) is 15.9 Å². The Hall–Kier alpha value is -2.33. The van der Waals surface area contributed by atoms with E-state index in [4.69, 9.17) is 0 Å². The molecule has 1 amide bonds. The summed E-state index contributed by atoms with van der Waals surface area (Å²) in [5.41, 5.74) is 0.681. The number of hydrogen-bond acceptors (Lipinski definition) is 6. The van der Waals surface area contributed by atoms with Crippen molar-refractivity contribution in [2.45, 2.75) is 38.0 Å². The van der Waals surface area contributed by atoms with Crippen molar-refractivity contribution < 1.29 is 13.2 Å². The van der Waals surface area contributed by atoms with Gasteiger partial charge in [-0.2, -0.15) is 4.31 Å². The molecule has 0 saturated carbocycles. The topological polar surface area (TPSA) is 110 Å². The fourth-order valence-corrected chi connectivity index (χ4v) is 4.66. The maximum Gasteiger partial charge on any atom is 0.243 e. The maximum absolute atomic E-state index is 12.9. The van der Waals surface area contributed by atoms with E-state index in [-0.39, 0.29) is 16.7 Å². The molecule has 1 aromatic heterocycles. The van der Waals surface area contributed by atoms with Crippen molar-refractivity contribution in [1.29, 1.82) is 0 Å². The lowest BCUT2D eigenvalue weighted by molar-refractivity contribution is -0.126. The summed E-state index contributed by atoms with van der Waals surface area (Å²) in [4.78, 5) is 12.5. The average molecular weight is 407 g/mol. The molecule has 1 aliphatic rings. The minimum atomic E-state index is -3.58. The number of aromatic nitrogens is 4. The Balaban J connectivity index is 1.58. The molecule has 2 heterocycles. The first-order valence-electron chi connectivity index (χ1n) is 9.49. The molecule has 1 N–H and O–H groups in total. The van der Waals surface area contributed by atoms with Crippen molar-refractivity contribution in [1.82, 2.24) is 29.8 Å². The smallest absolute Gasteiger partial charge is 0.243 e. The molecular weight excluding hydrogens is 380 g/mol. The first-order valence-corrected chi connectivity index (χ1v) is 10.9. The average Bonchev–Trinajstić information content (AvgIpc) is 3.22. The molecule has 28 heavy (non-hydrogen) atoms. The molecule has 1 fully saturated rings. The summed E-state index contributed by atoms with van der Waals surface area (Å²) in [5.74, 6) is 0.448. The van der Waals surface area contributed by atoms with E-state index < -0.39 is 10.0 Å². The Morgan fingerprint density at radius 3 is 2.46 bits per heavy atom. The van der Waals surface area contributed by atoms with Crippen LogP contribution in [0.5, 0.6) is 0 Å². The predicted molar refractivity (Wildman–Crippen MR) is 103 cm³/mol. The van der Waals surface area contributed by atoms with Gasteiger partial charge in [-0.15, -0.1) is 5.10 Å². The molecule has 9 nitrogen and oxygen atoms in total. The lowest BCUT2D eigenvalue weighted by Crippen LogP contribution is -2.43. The molecule has 0 spiro atoms. The number of carbonyl (C=O) groups is 1. The number of tetrazole rings is 1. The molecule has 0 atom stereocenters. The zero-order valence-corrected chi connectivity index (χ0v) is 17.0. The van der Waals surface area contributed by atoms with Crippen LogP contribution in [0.4, 0.5) is 0 Å². The van der Waals surface area contributed by atoms with Gasteiger partial charge in [-0.3, -0.25) is 4.79 Å². The highest BCUT2D eigenvalue weighted by Crippen LogP contribution is 2.24. The van der Waals surface area contributed by atoms with Gasteiger partial charge >= 0.3 is 0 Å². The standard InChI is InChI=1S/C18H26N6O3S/c1-14(2)7-10-19-18(25)15-8-11-23(12-9-15)28(26,27)17-5-3-16(4-6-17)24-13-20-21-22-24/h3-6,13-15H,7-12H2,1-2H3,(H,19,25). The Morgan fingerprint density at radius 1 is 1.21 bits per heavy atom. The highest BCUT2D eigenvalue weighted by Gasteiger charge is 2.32. The van der Waals surface area contributed by atoms with E-state index in [1.165, 1.54) is 15.3 Å². The van der Waals surface area contributed by atoms with Gasteiger partial charge in [0, 0.05) is 25.6 Å².